The van der Waals surface area contributed by atoms with E-state index in [9.17, 15) is 27.1 Å². The summed E-state index contributed by atoms with van der Waals surface area (Å²) in [7, 11) is 0. The highest BCUT2D eigenvalue weighted by atomic mass is 19.4. The van der Waals surface area contributed by atoms with E-state index in [0.717, 1.165) is 12.7 Å². The Hall–Kier alpha value is -2.03. The lowest BCUT2D eigenvalue weighted by molar-refractivity contribution is -0.273. The lowest BCUT2D eigenvalue weighted by Crippen LogP contribution is -2.46. The van der Waals surface area contributed by atoms with E-state index < -0.39 is 35.5 Å². The van der Waals surface area contributed by atoms with Crippen LogP contribution in [0, 0.1) is 11.6 Å². The molecule has 1 unspecified atom stereocenters. The average Bonchev–Trinajstić information content (AvgIpc) is 2.79. The summed E-state index contributed by atoms with van der Waals surface area (Å²) in [6.07, 6.45) is -3.27. The quantitative estimate of drug-likeness (QED) is 0.881. The summed E-state index contributed by atoms with van der Waals surface area (Å²) in [5.41, 5.74) is -4.62. The van der Waals surface area contributed by atoms with Gasteiger partial charge in [-0.15, -0.1) is 0 Å². The van der Waals surface area contributed by atoms with Crippen molar-refractivity contribution in [2.75, 3.05) is 0 Å². The van der Waals surface area contributed by atoms with Crippen molar-refractivity contribution < 1.29 is 27.1 Å². The van der Waals surface area contributed by atoms with Crippen LogP contribution < -0.4 is 0 Å². The maximum Gasteiger partial charge on any atom is 0.423 e. The molecule has 0 radical (unpaired) electrons. The van der Waals surface area contributed by atoms with Crippen LogP contribution in [0.5, 0.6) is 0 Å². The van der Waals surface area contributed by atoms with Crippen molar-refractivity contribution in [1.29, 1.82) is 0 Å². The molecule has 1 aromatic heterocycles. The smallest absolute Gasteiger partial charge is 0.375 e. The van der Waals surface area contributed by atoms with Gasteiger partial charge in [-0.25, -0.2) is 18.4 Å². The highest BCUT2D eigenvalue weighted by Gasteiger charge is 2.56. The summed E-state index contributed by atoms with van der Waals surface area (Å²) in [5, 5.41) is 13.3. The fourth-order valence-electron chi connectivity index (χ4n) is 1.70. The molecule has 0 aliphatic rings. The number of rotatable bonds is 3. The first-order valence-electron chi connectivity index (χ1n) is 5.31. The van der Waals surface area contributed by atoms with Gasteiger partial charge in [0.15, 0.2) is 0 Å². The molecular weight excluding hydrogens is 285 g/mol. The summed E-state index contributed by atoms with van der Waals surface area (Å²) in [6, 6.07) is 1.46. The Morgan fingerprint density at radius 3 is 2.40 bits per heavy atom. The highest BCUT2D eigenvalue weighted by molar-refractivity contribution is 5.26. The van der Waals surface area contributed by atoms with Crippen LogP contribution in [-0.2, 0) is 12.1 Å². The van der Waals surface area contributed by atoms with Crippen LogP contribution in [0.4, 0.5) is 22.0 Å². The van der Waals surface area contributed by atoms with Crippen LogP contribution in [0.3, 0.4) is 0 Å². The molecule has 108 valence electrons. The van der Waals surface area contributed by atoms with Gasteiger partial charge in [-0.3, -0.25) is 0 Å². The Morgan fingerprint density at radius 2 is 1.90 bits per heavy atom. The number of benzene rings is 1. The van der Waals surface area contributed by atoms with Crippen molar-refractivity contribution >= 4 is 0 Å². The monoisotopic (exact) mass is 293 g/mol. The van der Waals surface area contributed by atoms with Crippen LogP contribution in [-0.4, -0.2) is 26.0 Å². The Kier molecular flexibility index (Phi) is 3.46. The normalized spacial score (nSPS) is 15.1. The third kappa shape index (κ3) is 2.48. The van der Waals surface area contributed by atoms with E-state index in [0.29, 0.717) is 16.8 Å². The lowest BCUT2D eigenvalue weighted by atomic mass is 9.92. The predicted octanol–water partition coefficient (Wildman–Crippen LogP) is 2.01. The molecule has 0 amide bonds. The predicted molar refractivity (Wildman–Crippen MR) is 56.3 cm³/mol. The molecule has 0 aliphatic carbocycles. The first kappa shape index (κ1) is 14.4. The van der Waals surface area contributed by atoms with Gasteiger partial charge in [0.2, 0.25) is 5.60 Å². The topological polar surface area (TPSA) is 50.9 Å². The van der Waals surface area contributed by atoms with Crippen molar-refractivity contribution in [3.8, 4) is 0 Å². The van der Waals surface area contributed by atoms with Gasteiger partial charge in [0.1, 0.15) is 24.3 Å². The van der Waals surface area contributed by atoms with E-state index in [1.807, 2.05) is 0 Å². The number of hydrogen-bond donors (Lipinski definition) is 1. The van der Waals surface area contributed by atoms with Crippen LogP contribution in [0.2, 0.25) is 0 Å². The van der Waals surface area contributed by atoms with E-state index in [4.69, 9.17) is 0 Å². The Bertz CT molecular complexity index is 599. The van der Waals surface area contributed by atoms with Crippen molar-refractivity contribution in [3.63, 3.8) is 0 Å². The fraction of sp³-hybridized carbons (Fsp3) is 0.273. The number of halogens is 5. The molecule has 1 atom stereocenters. The maximum atomic E-state index is 13.6. The molecule has 0 aliphatic heterocycles. The standard InChI is InChI=1S/C11H8F5N3O/c12-7-1-2-8(9(13)3-7)10(20,11(14,15)16)4-19-6-17-5-18-19/h1-3,5-6,20H,4H2. The number of aromatic nitrogens is 3. The third-order valence-electron chi connectivity index (χ3n) is 2.70. The number of nitrogens with zero attached hydrogens (tertiary/aromatic N) is 3. The zero-order valence-corrected chi connectivity index (χ0v) is 9.77. The van der Waals surface area contributed by atoms with Gasteiger partial charge in [-0.1, -0.05) is 0 Å². The molecule has 1 heterocycles. The molecule has 0 bridgehead atoms. The van der Waals surface area contributed by atoms with Gasteiger partial charge >= 0.3 is 6.18 Å². The molecule has 1 aromatic carbocycles. The SMILES string of the molecule is OC(Cn1cncn1)(c1ccc(F)cc1F)C(F)(F)F. The Balaban J connectivity index is 2.52. The number of hydrogen-bond acceptors (Lipinski definition) is 3. The van der Waals surface area contributed by atoms with Gasteiger partial charge < -0.3 is 5.11 Å². The van der Waals surface area contributed by atoms with Crippen LogP contribution in [0.25, 0.3) is 0 Å². The fourth-order valence-corrected chi connectivity index (χ4v) is 1.70. The number of aliphatic hydroxyl groups is 1. The largest absolute Gasteiger partial charge is 0.423 e. The van der Waals surface area contributed by atoms with E-state index in [1.54, 1.807) is 0 Å². The summed E-state index contributed by atoms with van der Waals surface area (Å²) in [5.74, 6) is -2.54. The van der Waals surface area contributed by atoms with E-state index >= 15 is 0 Å². The van der Waals surface area contributed by atoms with E-state index in [2.05, 4.69) is 10.1 Å². The molecule has 4 nitrogen and oxygen atoms in total. The second kappa shape index (κ2) is 4.82. The molecular formula is C11H8F5N3O. The van der Waals surface area contributed by atoms with Gasteiger partial charge in [-0.05, 0) is 12.1 Å². The van der Waals surface area contributed by atoms with Crippen molar-refractivity contribution in [3.05, 3.63) is 48.1 Å². The maximum absolute atomic E-state index is 13.6. The third-order valence-corrected chi connectivity index (χ3v) is 2.70. The molecule has 0 spiro atoms. The average molecular weight is 293 g/mol. The summed E-state index contributed by atoms with van der Waals surface area (Å²) < 4.78 is 66.3. The zero-order valence-electron chi connectivity index (χ0n) is 9.77. The molecule has 2 rings (SSSR count). The minimum atomic E-state index is -5.18. The highest BCUT2D eigenvalue weighted by Crippen LogP contribution is 2.41. The second-order valence-corrected chi connectivity index (χ2v) is 4.08. The molecule has 0 fully saturated rings. The zero-order chi connectivity index (χ0) is 15.0. The summed E-state index contributed by atoms with van der Waals surface area (Å²) >= 11 is 0. The number of alkyl halides is 3. The van der Waals surface area contributed by atoms with Crippen LogP contribution in [0.1, 0.15) is 5.56 Å². The van der Waals surface area contributed by atoms with Gasteiger partial charge in [0, 0.05) is 11.6 Å². The van der Waals surface area contributed by atoms with Crippen LogP contribution >= 0.6 is 0 Å². The van der Waals surface area contributed by atoms with Gasteiger partial charge in [-0.2, -0.15) is 18.3 Å². The van der Waals surface area contributed by atoms with Crippen LogP contribution in [0.15, 0.2) is 30.9 Å². The van der Waals surface area contributed by atoms with Crippen molar-refractivity contribution in [2.24, 2.45) is 0 Å². The molecule has 2 aromatic rings. The molecule has 1 N–H and O–H groups in total. The summed E-state index contributed by atoms with van der Waals surface area (Å²) in [4.78, 5) is 3.44. The second-order valence-electron chi connectivity index (χ2n) is 4.08. The van der Waals surface area contributed by atoms with Crippen molar-refractivity contribution in [2.45, 2.75) is 18.3 Å². The first-order valence-corrected chi connectivity index (χ1v) is 5.31. The molecule has 9 heteroatoms. The minimum absolute atomic E-state index is 0.271. The lowest BCUT2D eigenvalue weighted by Gasteiger charge is -2.30. The molecule has 0 saturated carbocycles. The van der Waals surface area contributed by atoms with Gasteiger partial charge in [0.25, 0.3) is 0 Å². The molecule has 20 heavy (non-hydrogen) atoms. The van der Waals surface area contributed by atoms with E-state index in [1.165, 1.54) is 0 Å². The summed E-state index contributed by atoms with van der Waals surface area (Å²) in [6.45, 7) is -1.10. The Morgan fingerprint density at radius 1 is 1.20 bits per heavy atom. The minimum Gasteiger partial charge on any atom is -0.375 e. The molecule has 0 saturated heterocycles. The van der Waals surface area contributed by atoms with Crippen molar-refractivity contribution in [1.82, 2.24) is 14.8 Å². The van der Waals surface area contributed by atoms with Gasteiger partial charge in [0.05, 0.1) is 6.54 Å². The Labute approximate surface area is 109 Å². The van der Waals surface area contributed by atoms with E-state index in [-0.39, 0.29) is 6.07 Å². The first-order chi connectivity index (χ1) is 9.24.